The number of fused-ring (bicyclic) bond motifs is 1. The van der Waals surface area contributed by atoms with Crippen molar-refractivity contribution in [3.05, 3.63) is 68.1 Å². The minimum atomic E-state index is -5.78. The summed E-state index contributed by atoms with van der Waals surface area (Å²) in [5, 5.41) is 11.9. The van der Waals surface area contributed by atoms with E-state index in [1.54, 1.807) is 13.0 Å². The Balaban J connectivity index is 2.13. The molecule has 158 valence electrons. The van der Waals surface area contributed by atoms with Crippen LogP contribution < -0.4 is 10.4 Å². The van der Waals surface area contributed by atoms with E-state index in [1.165, 1.54) is 19.1 Å². The number of aryl methyl sites for hydroxylation is 2. The highest BCUT2D eigenvalue weighted by Gasteiger charge is 2.47. The number of ether oxygens (including phenoxy) is 1. The SMILES string of the molecule is Cc1cc(=O)oc2c(C)c(Oc3ccc(S(=O)(=O)C(F)(F)F)cc3[N+](=O)[O-])ccc12. The Hall–Kier alpha value is -3.41. The summed E-state index contributed by atoms with van der Waals surface area (Å²) < 4.78 is 71.9. The van der Waals surface area contributed by atoms with Gasteiger partial charge in [-0.1, -0.05) is 0 Å². The van der Waals surface area contributed by atoms with Crippen molar-refractivity contribution in [3.8, 4) is 11.5 Å². The van der Waals surface area contributed by atoms with Gasteiger partial charge in [0.15, 0.2) is 0 Å². The fraction of sp³-hybridized carbons (Fsp3) is 0.167. The van der Waals surface area contributed by atoms with Crippen LogP contribution in [0.25, 0.3) is 11.0 Å². The highest BCUT2D eigenvalue weighted by molar-refractivity contribution is 7.92. The Morgan fingerprint density at radius 1 is 1.07 bits per heavy atom. The van der Waals surface area contributed by atoms with E-state index in [2.05, 4.69) is 0 Å². The van der Waals surface area contributed by atoms with Gasteiger partial charge in [0.1, 0.15) is 11.3 Å². The second-order valence-corrected chi connectivity index (χ2v) is 8.19. The largest absolute Gasteiger partial charge is 0.501 e. The lowest BCUT2D eigenvalue weighted by Gasteiger charge is -2.12. The third-order valence-corrected chi connectivity index (χ3v) is 5.76. The van der Waals surface area contributed by atoms with Crippen LogP contribution in [-0.2, 0) is 9.84 Å². The van der Waals surface area contributed by atoms with Crippen molar-refractivity contribution in [2.75, 3.05) is 0 Å². The van der Waals surface area contributed by atoms with E-state index < -0.39 is 42.2 Å². The molecule has 8 nitrogen and oxygen atoms in total. The highest BCUT2D eigenvalue weighted by atomic mass is 32.2. The molecule has 0 bridgehead atoms. The summed E-state index contributed by atoms with van der Waals surface area (Å²) in [5.41, 5.74) is -6.10. The van der Waals surface area contributed by atoms with Gasteiger partial charge in [-0.25, -0.2) is 13.2 Å². The summed E-state index contributed by atoms with van der Waals surface area (Å²) in [6.07, 6.45) is 0. The van der Waals surface area contributed by atoms with Gasteiger partial charge in [0, 0.05) is 23.1 Å². The number of rotatable bonds is 4. The van der Waals surface area contributed by atoms with E-state index in [1.807, 2.05) is 0 Å². The molecule has 0 saturated carbocycles. The minimum absolute atomic E-state index is 0.0331. The zero-order valence-corrected chi connectivity index (χ0v) is 16.1. The number of hydrogen-bond donors (Lipinski definition) is 0. The number of sulfone groups is 1. The molecular weight excluding hydrogens is 431 g/mol. The predicted molar refractivity (Wildman–Crippen MR) is 98.4 cm³/mol. The van der Waals surface area contributed by atoms with E-state index >= 15 is 0 Å². The van der Waals surface area contributed by atoms with Gasteiger partial charge in [-0.3, -0.25) is 10.1 Å². The van der Waals surface area contributed by atoms with Crippen LogP contribution in [0, 0.1) is 24.0 Å². The molecule has 0 spiro atoms. The fourth-order valence-corrected chi connectivity index (χ4v) is 3.54. The maximum absolute atomic E-state index is 12.7. The second-order valence-electron chi connectivity index (χ2n) is 6.25. The van der Waals surface area contributed by atoms with E-state index in [0.29, 0.717) is 22.6 Å². The Labute approximate surface area is 166 Å². The molecule has 1 aromatic heterocycles. The zero-order valence-electron chi connectivity index (χ0n) is 15.3. The van der Waals surface area contributed by atoms with Gasteiger partial charge in [-0.05, 0) is 43.7 Å². The Kier molecular flexibility index (Phi) is 5.06. The monoisotopic (exact) mass is 443 g/mol. The zero-order chi connectivity index (χ0) is 22.4. The Morgan fingerprint density at radius 3 is 2.30 bits per heavy atom. The molecule has 0 saturated heterocycles. The Bertz CT molecular complexity index is 1340. The van der Waals surface area contributed by atoms with Crippen molar-refractivity contribution in [2.45, 2.75) is 24.3 Å². The van der Waals surface area contributed by atoms with E-state index in [0.717, 1.165) is 6.07 Å². The van der Waals surface area contributed by atoms with Crippen molar-refractivity contribution < 1.29 is 35.7 Å². The molecular formula is C18H12F3NO7S. The molecule has 3 aromatic rings. The van der Waals surface area contributed by atoms with E-state index in [9.17, 15) is 36.5 Å². The summed E-state index contributed by atoms with van der Waals surface area (Å²) in [5.74, 6) is -0.454. The standard InChI is InChI=1S/C18H12F3NO7S/c1-9-7-16(23)29-17-10(2)14(6-4-12(9)17)28-15-5-3-11(8-13(15)22(24)25)30(26,27)18(19,20)21/h3-8H,1-2H3. The normalized spacial score (nSPS) is 12.2. The average Bonchev–Trinajstić information content (AvgIpc) is 2.63. The number of benzene rings is 2. The van der Waals surface area contributed by atoms with Crippen molar-refractivity contribution in [2.24, 2.45) is 0 Å². The van der Waals surface area contributed by atoms with Crippen LogP contribution in [0.3, 0.4) is 0 Å². The van der Waals surface area contributed by atoms with Crippen LogP contribution in [0.15, 0.2) is 50.5 Å². The van der Waals surface area contributed by atoms with Gasteiger partial charge in [0.2, 0.25) is 5.75 Å². The molecule has 0 atom stereocenters. The lowest BCUT2D eigenvalue weighted by molar-refractivity contribution is -0.385. The summed E-state index contributed by atoms with van der Waals surface area (Å²) in [4.78, 5) is 20.6. The van der Waals surface area contributed by atoms with Crippen molar-refractivity contribution in [1.29, 1.82) is 0 Å². The number of nitro benzene ring substituents is 1. The van der Waals surface area contributed by atoms with Gasteiger partial charge in [-0.15, -0.1) is 0 Å². The van der Waals surface area contributed by atoms with Crippen LogP contribution in [0.4, 0.5) is 18.9 Å². The van der Waals surface area contributed by atoms with Gasteiger partial charge in [0.25, 0.3) is 9.84 Å². The van der Waals surface area contributed by atoms with Crippen LogP contribution in [0.5, 0.6) is 11.5 Å². The molecule has 1 heterocycles. The molecule has 0 radical (unpaired) electrons. The molecule has 3 rings (SSSR count). The summed E-state index contributed by atoms with van der Waals surface area (Å²) in [7, 11) is -5.78. The summed E-state index contributed by atoms with van der Waals surface area (Å²) in [6, 6.07) is 5.86. The second kappa shape index (κ2) is 7.13. The molecule has 30 heavy (non-hydrogen) atoms. The van der Waals surface area contributed by atoms with E-state index in [-0.39, 0.29) is 17.4 Å². The number of hydrogen-bond acceptors (Lipinski definition) is 7. The van der Waals surface area contributed by atoms with Crippen LogP contribution >= 0.6 is 0 Å². The number of halogens is 3. The van der Waals surface area contributed by atoms with Gasteiger partial charge in [0.05, 0.1) is 9.82 Å². The lowest BCUT2D eigenvalue weighted by Crippen LogP contribution is -2.23. The molecule has 0 aliphatic rings. The van der Waals surface area contributed by atoms with Crippen LogP contribution in [-0.4, -0.2) is 18.8 Å². The maximum atomic E-state index is 12.7. The highest BCUT2D eigenvalue weighted by Crippen LogP contribution is 2.39. The average molecular weight is 443 g/mol. The van der Waals surface area contributed by atoms with Crippen molar-refractivity contribution in [1.82, 2.24) is 0 Å². The molecule has 0 fully saturated rings. The lowest BCUT2D eigenvalue weighted by atomic mass is 10.1. The molecule has 0 amide bonds. The molecule has 0 N–H and O–H groups in total. The molecule has 0 aliphatic carbocycles. The van der Waals surface area contributed by atoms with Gasteiger partial charge < -0.3 is 9.15 Å². The van der Waals surface area contributed by atoms with Crippen LogP contribution in [0.2, 0.25) is 0 Å². The summed E-state index contributed by atoms with van der Waals surface area (Å²) in [6.45, 7) is 3.21. The number of alkyl halides is 3. The smallest absolute Gasteiger partial charge is 0.450 e. The first-order valence-corrected chi connectivity index (χ1v) is 9.63. The van der Waals surface area contributed by atoms with Gasteiger partial charge in [-0.2, -0.15) is 13.2 Å². The maximum Gasteiger partial charge on any atom is 0.501 e. The van der Waals surface area contributed by atoms with Gasteiger partial charge >= 0.3 is 16.8 Å². The molecule has 2 aromatic carbocycles. The first kappa shape index (κ1) is 21.3. The molecule has 0 unspecified atom stereocenters. The third-order valence-electron chi connectivity index (χ3n) is 4.28. The molecule has 12 heteroatoms. The van der Waals surface area contributed by atoms with Crippen LogP contribution in [0.1, 0.15) is 11.1 Å². The van der Waals surface area contributed by atoms with Crippen molar-refractivity contribution >= 4 is 26.5 Å². The number of nitro groups is 1. The third kappa shape index (κ3) is 3.61. The first-order chi connectivity index (χ1) is 13.8. The summed E-state index contributed by atoms with van der Waals surface area (Å²) >= 11 is 0. The predicted octanol–water partition coefficient (Wildman–Crippen LogP) is 4.40. The Morgan fingerprint density at radius 2 is 1.70 bits per heavy atom. The first-order valence-electron chi connectivity index (χ1n) is 8.14. The van der Waals surface area contributed by atoms with E-state index in [4.69, 9.17) is 9.15 Å². The fourth-order valence-electron chi connectivity index (χ4n) is 2.76. The van der Waals surface area contributed by atoms with Crippen molar-refractivity contribution in [3.63, 3.8) is 0 Å². The number of nitrogens with zero attached hydrogens (tertiary/aromatic N) is 1. The minimum Gasteiger partial charge on any atom is -0.450 e. The quantitative estimate of drug-likeness (QED) is 0.333. The topological polar surface area (TPSA) is 117 Å². The molecule has 0 aliphatic heterocycles.